The first-order chi connectivity index (χ1) is 8.56. The highest BCUT2D eigenvalue weighted by atomic mass is 35.5. The third kappa shape index (κ3) is 3.02. The summed E-state index contributed by atoms with van der Waals surface area (Å²) >= 11 is 5.71. The molecule has 0 amide bonds. The van der Waals surface area contributed by atoms with Crippen molar-refractivity contribution in [2.45, 2.75) is 20.4 Å². The van der Waals surface area contributed by atoms with E-state index in [1.807, 2.05) is 0 Å². The quantitative estimate of drug-likeness (QED) is 0.846. The molecule has 3 heteroatoms. The molecule has 2 aromatic carbocycles. The Hall–Kier alpha value is -1.54. The average Bonchev–Trinajstić information content (AvgIpc) is 2.30. The highest BCUT2D eigenvalue weighted by Gasteiger charge is 2.03. The van der Waals surface area contributed by atoms with Gasteiger partial charge in [-0.2, -0.15) is 0 Å². The maximum absolute atomic E-state index is 13.6. The van der Waals surface area contributed by atoms with E-state index < -0.39 is 0 Å². The van der Waals surface area contributed by atoms with Crippen molar-refractivity contribution in [3.63, 3.8) is 0 Å². The van der Waals surface area contributed by atoms with Crippen LogP contribution in [0.2, 0.25) is 5.02 Å². The minimum atomic E-state index is -0.327. The molecule has 0 aromatic heterocycles. The molecule has 0 saturated carbocycles. The third-order valence-electron chi connectivity index (χ3n) is 2.90. The number of hydrogen-bond acceptors (Lipinski definition) is 1. The fourth-order valence-electron chi connectivity index (χ4n) is 1.87. The van der Waals surface area contributed by atoms with Gasteiger partial charge in [-0.3, -0.25) is 0 Å². The monoisotopic (exact) mass is 263 g/mol. The number of benzene rings is 2. The van der Waals surface area contributed by atoms with Crippen LogP contribution in [-0.4, -0.2) is 0 Å². The summed E-state index contributed by atoms with van der Waals surface area (Å²) in [5.41, 5.74) is 4.07. The SMILES string of the molecule is Cc1ccc(CNc2ccc(Cl)cc2F)c(C)c1. The van der Waals surface area contributed by atoms with Crippen LogP contribution in [0.5, 0.6) is 0 Å². The van der Waals surface area contributed by atoms with Crippen LogP contribution in [-0.2, 0) is 6.54 Å². The molecular formula is C15H15ClFN. The molecule has 0 aliphatic rings. The van der Waals surface area contributed by atoms with Gasteiger partial charge in [-0.1, -0.05) is 35.4 Å². The van der Waals surface area contributed by atoms with Crippen molar-refractivity contribution in [2.75, 3.05) is 5.32 Å². The summed E-state index contributed by atoms with van der Waals surface area (Å²) in [6.07, 6.45) is 0. The lowest BCUT2D eigenvalue weighted by atomic mass is 10.1. The van der Waals surface area contributed by atoms with E-state index in [0.717, 1.165) is 5.56 Å². The van der Waals surface area contributed by atoms with Crippen molar-refractivity contribution in [1.82, 2.24) is 0 Å². The van der Waals surface area contributed by atoms with Gasteiger partial charge in [-0.05, 0) is 43.2 Å². The first kappa shape index (κ1) is 12.9. The van der Waals surface area contributed by atoms with Crippen LogP contribution in [0.1, 0.15) is 16.7 Å². The molecule has 2 aromatic rings. The van der Waals surface area contributed by atoms with E-state index in [0.29, 0.717) is 17.3 Å². The Morgan fingerprint density at radius 2 is 1.89 bits per heavy atom. The van der Waals surface area contributed by atoms with Crippen LogP contribution in [0.4, 0.5) is 10.1 Å². The van der Waals surface area contributed by atoms with Crippen LogP contribution in [0.3, 0.4) is 0 Å². The lowest BCUT2D eigenvalue weighted by Crippen LogP contribution is -2.03. The van der Waals surface area contributed by atoms with E-state index in [-0.39, 0.29) is 5.82 Å². The minimum Gasteiger partial charge on any atom is -0.379 e. The lowest BCUT2D eigenvalue weighted by molar-refractivity contribution is 0.630. The van der Waals surface area contributed by atoms with Crippen molar-refractivity contribution < 1.29 is 4.39 Å². The molecule has 0 aliphatic heterocycles. The molecule has 18 heavy (non-hydrogen) atoms. The average molecular weight is 264 g/mol. The summed E-state index contributed by atoms with van der Waals surface area (Å²) < 4.78 is 13.6. The second-order valence-electron chi connectivity index (χ2n) is 4.41. The van der Waals surface area contributed by atoms with Gasteiger partial charge in [-0.15, -0.1) is 0 Å². The van der Waals surface area contributed by atoms with Crippen molar-refractivity contribution >= 4 is 17.3 Å². The molecule has 0 aliphatic carbocycles. The van der Waals surface area contributed by atoms with Gasteiger partial charge >= 0.3 is 0 Å². The van der Waals surface area contributed by atoms with E-state index >= 15 is 0 Å². The highest BCUT2D eigenvalue weighted by molar-refractivity contribution is 6.30. The van der Waals surface area contributed by atoms with E-state index in [9.17, 15) is 4.39 Å². The predicted molar refractivity (Wildman–Crippen MR) is 74.7 cm³/mol. The minimum absolute atomic E-state index is 0.327. The number of anilines is 1. The fourth-order valence-corrected chi connectivity index (χ4v) is 2.03. The van der Waals surface area contributed by atoms with Crippen molar-refractivity contribution in [3.05, 3.63) is 63.9 Å². The van der Waals surface area contributed by atoms with Gasteiger partial charge in [-0.25, -0.2) is 4.39 Å². The summed E-state index contributed by atoms with van der Waals surface area (Å²) in [6, 6.07) is 10.9. The molecule has 0 bridgehead atoms. The number of nitrogens with one attached hydrogen (secondary N) is 1. The standard InChI is InChI=1S/C15H15ClFN/c1-10-3-4-12(11(2)7-10)9-18-15-6-5-13(16)8-14(15)17/h3-8,18H,9H2,1-2H3. The van der Waals surface area contributed by atoms with Gasteiger partial charge in [0, 0.05) is 11.6 Å². The fraction of sp³-hybridized carbons (Fsp3) is 0.200. The Labute approximate surface area is 112 Å². The van der Waals surface area contributed by atoms with Gasteiger partial charge in [0.1, 0.15) is 5.82 Å². The zero-order valence-corrected chi connectivity index (χ0v) is 11.2. The maximum atomic E-state index is 13.6. The summed E-state index contributed by atoms with van der Waals surface area (Å²) in [7, 11) is 0. The zero-order chi connectivity index (χ0) is 13.1. The zero-order valence-electron chi connectivity index (χ0n) is 10.4. The molecule has 1 nitrogen and oxygen atoms in total. The normalized spacial score (nSPS) is 10.4. The molecule has 0 fully saturated rings. The molecule has 0 saturated heterocycles. The van der Waals surface area contributed by atoms with E-state index in [4.69, 9.17) is 11.6 Å². The van der Waals surface area contributed by atoms with Gasteiger partial charge in [0.15, 0.2) is 0 Å². The third-order valence-corrected chi connectivity index (χ3v) is 3.13. The first-order valence-corrected chi connectivity index (χ1v) is 6.19. The Balaban J connectivity index is 2.11. The Kier molecular flexibility index (Phi) is 3.87. The smallest absolute Gasteiger partial charge is 0.147 e. The molecule has 0 atom stereocenters. The second-order valence-corrected chi connectivity index (χ2v) is 4.84. The number of rotatable bonds is 3. The topological polar surface area (TPSA) is 12.0 Å². The summed E-state index contributed by atoms with van der Waals surface area (Å²) in [5.74, 6) is -0.327. The molecule has 0 radical (unpaired) electrons. The second kappa shape index (κ2) is 5.40. The number of halogens is 2. The van der Waals surface area contributed by atoms with Crippen molar-refractivity contribution in [2.24, 2.45) is 0 Å². The Bertz CT molecular complexity index is 515. The van der Waals surface area contributed by atoms with E-state index in [1.165, 1.54) is 17.2 Å². The van der Waals surface area contributed by atoms with Crippen LogP contribution in [0, 0.1) is 19.7 Å². The van der Waals surface area contributed by atoms with Crippen LogP contribution in [0.25, 0.3) is 0 Å². The van der Waals surface area contributed by atoms with Crippen molar-refractivity contribution in [1.29, 1.82) is 0 Å². The van der Waals surface area contributed by atoms with Gasteiger partial charge < -0.3 is 5.32 Å². The predicted octanol–water partition coefficient (Wildman–Crippen LogP) is 4.71. The van der Waals surface area contributed by atoms with E-state index in [1.54, 1.807) is 12.1 Å². The summed E-state index contributed by atoms with van der Waals surface area (Å²) in [5, 5.41) is 3.49. The maximum Gasteiger partial charge on any atom is 0.147 e. The first-order valence-electron chi connectivity index (χ1n) is 5.81. The van der Waals surface area contributed by atoms with Crippen LogP contribution in [0.15, 0.2) is 36.4 Å². The number of aryl methyl sites for hydroxylation is 2. The van der Waals surface area contributed by atoms with Crippen LogP contribution < -0.4 is 5.32 Å². The van der Waals surface area contributed by atoms with Crippen LogP contribution >= 0.6 is 11.6 Å². The molecule has 0 heterocycles. The van der Waals surface area contributed by atoms with Gasteiger partial charge in [0.2, 0.25) is 0 Å². The number of hydrogen-bond donors (Lipinski definition) is 1. The lowest BCUT2D eigenvalue weighted by Gasteiger charge is -2.10. The molecule has 0 unspecified atom stereocenters. The van der Waals surface area contributed by atoms with Gasteiger partial charge in [0.05, 0.1) is 5.69 Å². The highest BCUT2D eigenvalue weighted by Crippen LogP contribution is 2.20. The molecule has 94 valence electrons. The molecule has 0 spiro atoms. The summed E-state index contributed by atoms with van der Waals surface area (Å²) in [4.78, 5) is 0. The van der Waals surface area contributed by atoms with E-state index in [2.05, 4.69) is 37.4 Å². The van der Waals surface area contributed by atoms with Crippen molar-refractivity contribution in [3.8, 4) is 0 Å². The Morgan fingerprint density at radius 3 is 2.56 bits per heavy atom. The largest absolute Gasteiger partial charge is 0.379 e. The molecule has 2 rings (SSSR count). The Morgan fingerprint density at radius 1 is 1.11 bits per heavy atom. The van der Waals surface area contributed by atoms with Gasteiger partial charge in [0.25, 0.3) is 0 Å². The molecular weight excluding hydrogens is 249 g/mol. The molecule has 1 N–H and O–H groups in total. The summed E-state index contributed by atoms with van der Waals surface area (Å²) in [6.45, 7) is 4.72.